The maximum atomic E-state index is 13.0. The van der Waals surface area contributed by atoms with Crippen LogP contribution in [0.15, 0.2) is 4.99 Å². The van der Waals surface area contributed by atoms with Crippen molar-refractivity contribution in [1.82, 2.24) is 14.4 Å². The Kier molecular flexibility index (Phi) is 3.58. The monoisotopic (exact) mass is 332 g/mol. The number of ketones is 1. The molecule has 0 aromatic carbocycles. The van der Waals surface area contributed by atoms with Crippen LogP contribution in [0.5, 0.6) is 0 Å². The number of likely N-dealkylation sites (N-methyl/N-ethyl adjacent to an activating group) is 1. The van der Waals surface area contributed by atoms with Crippen LogP contribution in [0.3, 0.4) is 0 Å². The number of Topliss-reactive ketones (excluding diaryl/α,β-unsaturated/α-hetero) is 1. The number of carbonyl (C=O) groups excluding carboxylic acids is 3. The van der Waals surface area contributed by atoms with Gasteiger partial charge in [-0.2, -0.15) is 0 Å². The summed E-state index contributed by atoms with van der Waals surface area (Å²) in [6.07, 6.45) is 0. The number of amides is 3. The van der Waals surface area contributed by atoms with E-state index in [4.69, 9.17) is 0 Å². The van der Waals surface area contributed by atoms with Gasteiger partial charge in [-0.25, -0.2) is 18.8 Å². The molecule has 2 aliphatic rings. The average molecular weight is 332 g/mol. The Morgan fingerprint density at radius 2 is 1.96 bits per heavy atom. The number of carbonyl (C=O) groups is 3. The molecule has 128 valence electrons. The fourth-order valence-corrected chi connectivity index (χ4v) is 3.38. The Labute approximate surface area is 140 Å². The molecular formula is C16H22N5O3+. The molecule has 1 saturated heterocycles. The smallest absolute Gasteiger partial charge is 0.298 e. The Bertz CT molecular complexity index is 807. The standard InChI is InChI=1S/C16H22N5O3/c1-7-19-8(2)9(3)20-12-13(17-15(19)20)18(6)16(24)21(14(12)23)10(4)11(5)22/h10,12H,7H2,1-6H3/q+1. The van der Waals surface area contributed by atoms with Crippen LogP contribution in [-0.2, 0) is 16.1 Å². The summed E-state index contributed by atoms with van der Waals surface area (Å²) in [5.74, 6) is 0.447. The van der Waals surface area contributed by atoms with Crippen molar-refractivity contribution < 1.29 is 19.0 Å². The summed E-state index contributed by atoms with van der Waals surface area (Å²) in [4.78, 5) is 44.4. The number of nitrogens with zero attached hydrogens (tertiary/aromatic N) is 5. The third-order valence-electron chi connectivity index (χ3n) is 5.06. The molecule has 0 spiro atoms. The number of amidine groups is 1. The van der Waals surface area contributed by atoms with Gasteiger partial charge in [0.15, 0.2) is 5.78 Å². The minimum atomic E-state index is -0.798. The van der Waals surface area contributed by atoms with Crippen molar-refractivity contribution in [3.63, 3.8) is 0 Å². The molecule has 3 rings (SSSR count). The summed E-state index contributed by atoms with van der Waals surface area (Å²) in [5, 5.41) is 0. The molecule has 2 aliphatic heterocycles. The largest absolute Gasteiger partial charge is 0.402 e. The first-order valence-corrected chi connectivity index (χ1v) is 8.03. The van der Waals surface area contributed by atoms with Crippen molar-refractivity contribution >= 4 is 29.5 Å². The lowest BCUT2D eigenvalue weighted by atomic mass is 10.1. The topological polar surface area (TPSA) is 78.9 Å². The predicted molar refractivity (Wildman–Crippen MR) is 86.1 cm³/mol. The number of rotatable bonds is 3. The Balaban J connectivity index is 2.18. The summed E-state index contributed by atoms with van der Waals surface area (Å²) in [5.41, 5.74) is 1.97. The maximum Gasteiger partial charge on any atom is 0.402 e. The normalized spacial score (nSPS) is 20.9. The van der Waals surface area contributed by atoms with Crippen LogP contribution in [0.1, 0.15) is 38.2 Å². The SMILES string of the molecule is CC[n+]1c(C)c(C)n2c1N=C1C2C(=O)N(C(C)C(C)=O)C(=O)N1C. The van der Waals surface area contributed by atoms with Gasteiger partial charge in [-0.15, -0.1) is 0 Å². The minimum absolute atomic E-state index is 0.229. The molecule has 3 heterocycles. The zero-order chi connectivity index (χ0) is 17.9. The molecule has 0 radical (unpaired) electrons. The zero-order valence-electron chi connectivity index (χ0n) is 14.8. The van der Waals surface area contributed by atoms with Gasteiger partial charge in [-0.3, -0.25) is 14.5 Å². The third kappa shape index (κ3) is 1.88. The van der Waals surface area contributed by atoms with E-state index in [1.807, 2.05) is 29.9 Å². The van der Waals surface area contributed by atoms with E-state index in [0.29, 0.717) is 11.8 Å². The first-order chi connectivity index (χ1) is 11.2. The molecule has 1 aromatic heterocycles. The van der Waals surface area contributed by atoms with Gasteiger partial charge in [0.2, 0.25) is 11.9 Å². The molecule has 0 saturated carbocycles. The van der Waals surface area contributed by atoms with Crippen LogP contribution in [0, 0.1) is 13.8 Å². The number of imide groups is 1. The summed E-state index contributed by atoms with van der Waals surface area (Å²) in [7, 11) is 1.59. The van der Waals surface area contributed by atoms with E-state index in [2.05, 4.69) is 4.99 Å². The van der Waals surface area contributed by atoms with Crippen molar-refractivity contribution in [3.8, 4) is 0 Å². The van der Waals surface area contributed by atoms with Gasteiger partial charge in [-0.1, -0.05) is 4.99 Å². The van der Waals surface area contributed by atoms with Gasteiger partial charge in [0.1, 0.15) is 11.4 Å². The highest BCUT2D eigenvalue weighted by molar-refractivity contribution is 6.21. The van der Waals surface area contributed by atoms with E-state index in [0.717, 1.165) is 22.8 Å². The fourth-order valence-electron chi connectivity index (χ4n) is 3.38. The van der Waals surface area contributed by atoms with Crippen molar-refractivity contribution in [2.45, 2.75) is 53.2 Å². The van der Waals surface area contributed by atoms with Gasteiger partial charge in [0.05, 0.1) is 12.6 Å². The molecule has 2 atom stereocenters. The van der Waals surface area contributed by atoms with E-state index >= 15 is 0 Å². The fraction of sp³-hybridized carbons (Fsp3) is 0.562. The minimum Gasteiger partial charge on any atom is -0.298 e. The second-order valence-electron chi connectivity index (χ2n) is 6.29. The molecule has 0 N–H and O–H groups in total. The number of imidazole rings is 1. The Morgan fingerprint density at radius 1 is 1.33 bits per heavy atom. The quantitative estimate of drug-likeness (QED) is 0.771. The number of hydrogen-bond acceptors (Lipinski definition) is 4. The van der Waals surface area contributed by atoms with Gasteiger partial charge < -0.3 is 0 Å². The first kappa shape index (κ1) is 16.4. The van der Waals surface area contributed by atoms with E-state index < -0.39 is 24.0 Å². The highest BCUT2D eigenvalue weighted by atomic mass is 16.2. The molecule has 8 nitrogen and oxygen atoms in total. The van der Waals surface area contributed by atoms with Crippen molar-refractivity contribution in [1.29, 1.82) is 0 Å². The summed E-state index contributed by atoms with van der Waals surface area (Å²) >= 11 is 0. The lowest BCUT2D eigenvalue weighted by Crippen LogP contribution is -2.61. The van der Waals surface area contributed by atoms with Crippen LogP contribution >= 0.6 is 0 Å². The summed E-state index contributed by atoms with van der Waals surface area (Å²) in [6, 6.07) is -2.01. The highest BCUT2D eigenvalue weighted by Gasteiger charge is 2.55. The molecule has 0 bridgehead atoms. The molecule has 0 aliphatic carbocycles. The average Bonchev–Trinajstić information content (AvgIpc) is 3.02. The lowest BCUT2D eigenvalue weighted by molar-refractivity contribution is -0.685. The van der Waals surface area contributed by atoms with Crippen LogP contribution in [0.25, 0.3) is 0 Å². The number of fused-ring (bicyclic) bond motifs is 3. The molecule has 8 heteroatoms. The second kappa shape index (κ2) is 5.25. The summed E-state index contributed by atoms with van der Waals surface area (Å²) in [6.45, 7) is 9.60. The van der Waals surface area contributed by atoms with Gasteiger partial charge >= 0.3 is 12.0 Å². The molecule has 2 unspecified atom stereocenters. The summed E-state index contributed by atoms with van der Waals surface area (Å²) < 4.78 is 3.88. The Morgan fingerprint density at radius 3 is 2.50 bits per heavy atom. The van der Waals surface area contributed by atoms with Crippen LogP contribution < -0.4 is 4.57 Å². The Hall–Kier alpha value is -2.51. The third-order valence-corrected chi connectivity index (χ3v) is 5.06. The van der Waals surface area contributed by atoms with Gasteiger partial charge in [-0.05, 0) is 34.6 Å². The number of urea groups is 1. The molecule has 1 aromatic rings. The van der Waals surface area contributed by atoms with Crippen molar-refractivity contribution in [2.24, 2.45) is 4.99 Å². The van der Waals surface area contributed by atoms with Crippen LogP contribution in [0.4, 0.5) is 10.7 Å². The van der Waals surface area contributed by atoms with Gasteiger partial charge in [0.25, 0.3) is 5.91 Å². The van der Waals surface area contributed by atoms with Crippen LogP contribution in [0.2, 0.25) is 0 Å². The van der Waals surface area contributed by atoms with E-state index in [9.17, 15) is 14.4 Å². The molecular weight excluding hydrogens is 310 g/mol. The van der Waals surface area contributed by atoms with E-state index in [1.165, 1.54) is 11.8 Å². The highest BCUT2D eigenvalue weighted by Crippen LogP contribution is 2.35. The maximum absolute atomic E-state index is 13.0. The lowest BCUT2D eigenvalue weighted by Gasteiger charge is -2.35. The van der Waals surface area contributed by atoms with Crippen molar-refractivity contribution in [3.05, 3.63) is 11.4 Å². The second-order valence-corrected chi connectivity index (χ2v) is 6.29. The zero-order valence-corrected chi connectivity index (χ0v) is 14.8. The van der Waals surface area contributed by atoms with E-state index in [-0.39, 0.29) is 5.78 Å². The van der Waals surface area contributed by atoms with Crippen LogP contribution in [-0.4, -0.2) is 51.0 Å². The molecule has 1 fully saturated rings. The van der Waals surface area contributed by atoms with E-state index in [1.54, 1.807) is 14.0 Å². The number of aliphatic imine (C=N–C) groups is 1. The number of hydrogen-bond donors (Lipinski definition) is 0. The predicted octanol–water partition coefficient (Wildman–Crippen LogP) is 0.869. The van der Waals surface area contributed by atoms with Crippen molar-refractivity contribution in [2.75, 3.05) is 7.05 Å². The molecule has 24 heavy (non-hydrogen) atoms. The first-order valence-electron chi connectivity index (χ1n) is 8.03. The van der Waals surface area contributed by atoms with Gasteiger partial charge in [0, 0.05) is 7.05 Å². The molecule has 3 amide bonds. The number of aromatic nitrogens is 2.